The van der Waals surface area contributed by atoms with Crippen LogP contribution >= 0.6 is 11.3 Å². The minimum Gasteiger partial charge on any atom is -0.452 e. The Morgan fingerprint density at radius 3 is 2.43 bits per heavy atom. The summed E-state index contributed by atoms with van der Waals surface area (Å²) in [4.78, 5) is 37.8. The van der Waals surface area contributed by atoms with Crippen molar-refractivity contribution >= 4 is 34.7 Å². The van der Waals surface area contributed by atoms with Gasteiger partial charge in [0.1, 0.15) is 0 Å². The first kappa shape index (κ1) is 19.5. The highest BCUT2D eigenvalue weighted by Crippen LogP contribution is 2.20. The van der Waals surface area contributed by atoms with Crippen molar-refractivity contribution in [3.8, 4) is 0 Å². The molecule has 0 atom stereocenters. The van der Waals surface area contributed by atoms with E-state index in [0.717, 1.165) is 5.69 Å². The molecule has 0 radical (unpaired) electrons. The quantitative estimate of drug-likeness (QED) is 0.510. The molecule has 8 heteroatoms. The van der Waals surface area contributed by atoms with Crippen molar-refractivity contribution in [1.29, 1.82) is 0 Å². The Kier molecular flexibility index (Phi) is 5.70. The molecule has 3 rings (SSSR count). The van der Waals surface area contributed by atoms with E-state index in [0.29, 0.717) is 16.3 Å². The zero-order valence-corrected chi connectivity index (χ0v) is 16.5. The lowest BCUT2D eigenvalue weighted by molar-refractivity contribution is -0.119. The molecule has 1 aromatic carbocycles. The van der Waals surface area contributed by atoms with Crippen LogP contribution in [0.2, 0.25) is 0 Å². The summed E-state index contributed by atoms with van der Waals surface area (Å²) in [7, 11) is 1.78. The minimum atomic E-state index is -0.727. The molecule has 7 nitrogen and oxygen atoms in total. The van der Waals surface area contributed by atoms with Crippen LogP contribution in [0.15, 0.2) is 41.8 Å². The summed E-state index contributed by atoms with van der Waals surface area (Å²) in [5, 5.41) is 8.71. The van der Waals surface area contributed by atoms with Gasteiger partial charge in [-0.05, 0) is 31.4 Å². The summed E-state index contributed by atoms with van der Waals surface area (Å²) >= 11 is 1.30. The molecule has 0 saturated heterocycles. The lowest BCUT2D eigenvalue weighted by Gasteiger charge is -2.09. The van der Waals surface area contributed by atoms with E-state index in [4.69, 9.17) is 4.74 Å². The molecule has 0 aliphatic carbocycles. The fourth-order valence-corrected chi connectivity index (χ4v) is 3.42. The van der Waals surface area contributed by atoms with E-state index >= 15 is 0 Å². The third-order valence-electron chi connectivity index (χ3n) is 4.24. The molecule has 1 amide bonds. The molecule has 0 aliphatic rings. The van der Waals surface area contributed by atoms with Crippen LogP contribution in [0.4, 0.5) is 5.69 Å². The second-order valence-electron chi connectivity index (χ2n) is 6.15. The number of amides is 1. The number of hydrogen-bond donors (Lipinski definition) is 1. The van der Waals surface area contributed by atoms with Gasteiger partial charge in [0.05, 0.1) is 27.5 Å². The summed E-state index contributed by atoms with van der Waals surface area (Å²) in [6, 6.07) is 9.87. The number of hydrogen-bond acceptors (Lipinski definition) is 6. The van der Waals surface area contributed by atoms with Crippen LogP contribution in [0, 0.1) is 13.8 Å². The van der Waals surface area contributed by atoms with Crippen molar-refractivity contribution in [2.75, 3.05) is 11.9 Å². The first-order valence-corrected chi connectivity index (χ1v) is 9.41. The highest BCUT2D eigenvalue weighted by Gasteiger charge is 2.21. The number of ether oxygens (including phenoxy) is 1. The maximum Gasteiger partial charge on any atom is 0.339 e. The monoisotopic (exact) mass is 397 g/mol. The molecule has 0 unspecified atom stereocenters. The largest absolute Gasteiger partial charge is 0.452 e. The van der Waals surface area contributed by atoms with Gasteiger partial charge in [-0.3, -0.25) is 14.3 Å². The first-order valence-electron chi connectivity index (χ1n) is 8.53. The Morgan fingerprint density at radius 2 is 1.82 bits per heavy atom. The number of anilines is 1. The van der Waals surface area contributed by atoms with E-state index in [9.17, 15) is 14.4 Å². The number of ketones is 1. The fraction of sp³-hybridized carbons (Fsp3) is 0.200. The number of nitrogens with one attached hydrogen (secondary N) is 1. The highest BCUT2D eigenvalue weighted by molar-refractivity contribution is 7.12. The van der Waals surface area contributed by atoms with Crippen molar-refractivity contribution < 1.29 is 19.1 Å². The number of esters is 1. The lowest BCUT2D eigenvalue weighted by atomic mass is 10.0. The van der Waals surface area contributed by atoms with E-state index in [1.54, 1.807) is 54.4 Å². The fourth-order valence-electron chi connectivity index (χ4n) is 2.74. The third-order valence-corrected chi connectivity index (χ3v) is 5.11. The standard InChI is InChI=1S/C20H19N3O4S/c1-12-18(13(2)23(3)22-12)21-17(24)11-27-20(26)15-8-5-4-7-14(15)19(25)16-9-6-10-28-16/h4-10H,11H2,1-3H3,(H,21,24). The molecular weight excluding hydrogens is 378 g/mol. The predicted molar refractivity (Wildman–Crippen MR) is 106 cm³/mol. The van der Waals surface area contributed by atoms with Gasteiger partial charge in [-0.1, -0.05) is 24.3 Å². The molecule has 28 heavy (non-hydrogen) atoms. The van der Waals surface area contributed by atoms with Crippen LogP contribution in [0.3, 0.4) is 0 Å². The van der Waals surface area contributed by atoms with Gasteiger partial charge in [0.15, 0.2) is 6.61 Å². The van der Waals surface area contributed by atoms with Crippen LogP contribution in [-0.2, 0) is 16.6 Å². The van der Waals surface area contributed by atoms with Crippen LogP contribution in [0.1, 0.15) is 37.0 Å². The van der Waals surface area contributed by atoms with Crippen LogP contribution < -0.4 is 5.32 Å². The number of carbonyl (C=O) groups excluding carboxylic acids is 3. The SMILES string of the molecule is Cc1nn(C)c(C)c1NC(=O)COC(=O)c1ccccc1C(=O)c1cccs1. The van der Waals surface area contributed by atoms with Gasteiger partial charge >= 0.3 is 5.97 Å². The van der Waals surface area contributed by atoms with E-state index in [1.807, 2.05) is 6.92 Å². The van der Waals surface area contributed by atoms with Crippen molar-refractivity contribution in [3.63, 3.8) is 0 Å². The number of rotatable bonds is 6. The van der Waals surface area contributed by atoms with Crippen LogP contribution in [-0.4, -0.2) is 34.0 Å². The molecule has 3 aromatic rings. The van der Waals surface area contributed by atoms with Gasteiger partial charge in [0.25, 0.3) is 5.91 Å². The summed E-state index contributed by atoms with van der Waals surface area (Å²) in [5.41, 5.74) is 2.43. The molecule has 0 fully saturated rings. The topological polar surface area (TPSA) is 90.3 Å². The van der Waals surface area contributed by atoms with Gasteiger partial charge in [-0.25, -0.2) is 4.79 Å². The van der Waals surface area contributed by atoms with E-state index in [-0.39, 0.29) is 16.9 Å². The Hall–Kier alpha value is -3.26. The molecule has 2 aromatic heterocycles. The predicted octanol–water partition coefficient (Wildman–Crippen LogP) is 3.12. The summed E-state index contributed by atoms with van der Waals surface area (Å²) in [5.74, 6) is -1.46. The summed E-state index contributed by atoms with van der Waals surface area (Å²) in [6.45, 7) is 3.14. The van der Waals surface area contributed by atoms with Gasteiger partial charge in [-0.15, -0.1) is 11.3 Å². The third kappa shape index (κ3) is 4.01. The molecule has 2 heterocycles. The molecule has 0 bridgehead atoms. The second-order valence-corrected chi connectivity index (χ2v) is 7.09. The van der Waals surface area contributed by atoms with E-state index in [2.05, 4.69) is 10.4 Å². The van der Waals surface area contributed by atoms with Crippen LogP contribution in [0.5, 0.6) is 0 Å². The zero-order chi connectivity index (χ0) is 20.3. The second kappa shape index (κ2) is 8.18. The van der Waals surface area contributed by atoms with Gasteiger partial charge < -0.3 is 10.1 Å². The van der Waals surface area contributed by atoms with E-state index in [1.165, 1.54) is 17.4 Å². The molecule has 0 saturated carbocycles. The number of benzene rings is 1. The maximum absolute atomic E-state index is 12.6. The average molecular weight is 397 g/mol. The Balaban J connectivity index is 1.69. The van der Waals surface area contributed by atoms with Gasteiger partial charge in [0.2, 0.25) is 5.78 Å². The Bertz CT molecular complexity index is 1040. The molecular formula is C20H19N3O4S. The smallest absolute Gasteiger partial charge is 0.339 e. The zero-order valence-electron chi connectivity index (χ0n) is 15.7. The maximum atomic E-state index is 12.6. The summed E-state index contributed by atoms with van der Waals surface area (Å²) in [6.07, 6.45) is 0. The normalized spacial score (nSPS) is 10.5. The van der Waals surface area contributed by atoms with Crippen LogP contribution in [0.25, 0.3) is 0 Å². The minimum absolute atomic E-state index is 0.127. The lowest BCUT2D eigenvalue weighted by Crippen LogP contribution is -2.22. The van der Waals surface area contributed by atoms with Crippen molar-refractivity contribution in [1.82, 2.24) is 9.78 Å². The molecule has 0 spiro atoms. The first-order chi connectivity index (χ1) is 13.4. The van der Waals surface area contributed by atoms with Crippen molar-refractivity contribution in [2.45, 2.75) is 13.8 Å². The molecule has 144 valence electrons. The van der Waals surface area contributed by atoms with Crippen molar-refractivity contribution in [3.05, 3.63) is 69.2 Å². The number of thiophene rings is 1. The number of carbonyl (C=O) groups is 3. The van der Waals surface area contributed by atoms with E-state index < -0.39 is 18.5 Å². The Labute approximate surface area is 165 Å². The molecule has 1 N–H and O–H groups in total. The van der Waals surface area contributed by atoms with Gasteiger partial charge in [-0.2, -0.15) is 5.10 Å². The molecule has 0 aliphatic heterocycles. The van der Waals surface area contributed by atoms with Gasteiger partial charge in [0, 0.05) is 12.6 Å². The van der Waals surface area contributed by atoms with Crippen molar-refractivity contribution in [2.24, 2.45) is 7.05 Å². The summed E-state index contributed by atoms with van der Waals surface area (Å²) < 4.78 is 6.79. The number of nitrogens with zero attached hydrogens (tertiary/aromatic N) is 2. The number of aromatic nitrogens is 2. The highest BCUT2D eigenvalue weighted by atomic mass is 32.1. The Morgan fingerprint density at radius 1 is 1.11 bits per heavy atom. The number of aryl methyl sites for hydroxylation is 2. The average Bonchev–Trinajstić information content (AvgIpc) is 3.30.